The van der Waals surface area contributed by atoms with Gasteiger partial charge in [0.05, 0.1) is 7.11 Å². The van der Waals surface area contributed by atoms with Gasteiger partial charge in [-0.1, -0.05) is 0 Å². The van der Waals surface area contributed by atoms with Crippen molar-refractivity contribution in [1.29, 1.82) is 0 Å². The van der Waals surface area contributed by atoms with E-state index in [9.17, 15) is 0 Å². The van der Waals surface area contributed by atoms with Crippen LogP contribution in [0.3, 0.4) is 0 Å². The molecule has 84 valence electrons. The first-order valence-corrected chi connectivity index (χ1v) is 4.51. The van der Waals surface area contributed by atoms with Crippen molar-refractivity contribution in [1.82, 2.24) is 0 Å². The molecule has 1 aromatic rings. The first-order valence-electron chi connectivity index (χ1n) is 4.51. The Hall–Kier alpha value is -1.13. The van der Waals surface area contributed by atoms with Crippen molar-refractivity contribution in [2.75, 3.05) is 20.3 Å². The van der Waals surface area contributed by atoms with Crippen LogP contribution in [0, 0.1) is 0 Å². The summed E-state index contributed by atoms with van der Waals surface area (Å²) in [6, 6.07) is 5.48. The zero-order chi connectivity index (χ0) is 9.97. The predicted octanol–water partition coefficient (Wildman–Crippen LogP) is 1.22. The summed E-state index contributed by atoms with van der Waals surface area (Å²) in [5, 5.41) is 0. The maximum absolute atomic E-state index is 5.59. The Morgan fingerprint density at radius 2 is 2.27 bits per heavy atom. The van der Waals surface area contributed by atoms with E-state index in [4.69, 9.17) is 19.9 Å². The van der Waals surface area contributed by atoms with Crippen molar-refractivity contribution in [2.45, 2.75) is 6.10 Å². The van der Waals surface area contributed by atoms with E-state index in [0.717, 1.165) is 11.5 Å². The molecule has 0 saturated carbocycles. The Bertz CT molecular complexity index is 332. The van der Waals surface area contributed by atoms with Gasteiger partial charge >= 0.3 is 0 Å². The van der Waals surface area contributed by atoms with Crippen LogP contribution < -0.4 is 19.9 Å². The molecular formula is C10H14ClNO3. The van der Waals surface area contributed by atoms with Crippen molar-refractivity contribution < 1.29 is 14.2 Å². The molecule has 2 N–H and O–H groups in total. The summed E-state index contributed by atoms with van der Waals surface area (Å²) in [5.41, 5.74) is 5.49. The molecule has 1 aliphatic heterocycles. The number of hydrogen-bond donors (Lipinski definition) is 1. The summed E-state index contributed by atoms with van der Waals surface area (Å²) in [4.78, 5) is 0. The van der Waals surface area contributed by atoms with Gasteiger partial charge < -0.3 is 19.9 Å². The summed E-state index contributed by atoms with van der Waals surface area (Å²) < 4.78 is 16.1. The van der Waals surface area contributed by atoms with Crippen LogP contribution in [-0.4, -0.2) is 26.4 Å². The predicted molar refractivity (Wildman–Crippen MR) is 59.2 cm³/mol. The van der Waals surface area contributed by atoms with Gasteiger partial charge in [-0.3, -0.25) is 0 Å². The fourth-order valence-electron chi connectivity index (χ4n) is 1.34. The molecule has 0 aliphatic carbocycles. The van der Waals surface area contributed by atoms with E-state index in [-0.39, 0.29) is 18.5 Å². The van der Waals surface area contributed by atoms with Crippen LogP contribution >= 0.6 is 12.4 Å². The van der Waals surface area contributed by atoms with Crippen LogP contribution in [0.15, 0.2) is 18.2 Å². The third-order valence-electron chi connectivity index (χ3n) is 2.13. The molecule has 1 aromatic carbocycles. The largest absolute Gasteiger partial charge is 0.497 e. The number of rotatable bonds is 2. The second-order valence-electron chi connectivity index (χ2n) is 3.10. The standard InChI is InChI=1S/C10H13NO3.ClH/c1-12-7-2-3-9-10(4-7)14-8(5-11)6-13-9;/h2-4,8H,5-6,11H2,1H3;1H. The highest BCUT2D eigenvalue weighted by atomic mass is 35.5. The first kappa shape index (κ1) is 11.9. The molecule has 1 unspecified atom stereocenters. The minimum absolute atomic E-state index is 0. The van der Waals surface area contributed by atoms with Gasteiger partial charge in [0, 0.05) is 12.6 Å². The lowest BCUT2D eigenvalue weighted by Gasteiger charge is -2.25. The fourth-order valence-corrected chi connectivity index (χ4v) is 1.34. The maximum Gasteiger partial charge on any atom is 0.165 e. The van der Waals surface area contributed by atoms with Crippen LogP contribution in [0.4, 0.5) is 0 Å². The van der Waals surface area contributed by atoms with Crippen LogP contribution in [-0.2, 0) is 0 Å². The smallest absolute Gasteiger partial charge is 0.165 e. The number of fused-ring (bicyclic) bond motifs is 1. The lowest BCUT2D eigenvalue weighted by atomic mass is 10.2. The minimum atomic E-state index is -0.0605. The molecule has 1 aliphatic rings. The van der Waals surface area contributed by atoms with E-state index >= 15 is 0 Å². The second kappa shape index (κ2) is 5.09. The number of halogens is 1. The zero-order valence-corrected chi connectivity index (χ0v) is 9.25. The van der Waals surface area contributed by atoms with Crippen LogP contribution in [0.1, 0.15) is 0 Å². The molecule has 2 rings (SSSR count). The molecule has 0 saturated heterocycles. The van der Waals surface area contributed by atoms with Gasteiger partial charge in [-0.25, -0.2) is 0 Å². The second-order valence-corrected chi connectivity index (χ2v) is 3.10. The SMILES string of the molecule is COc1ccc2c(c1)OC(CN)CO2.Cl. The number of hydrogen-bond acceptors (Lipinski definition) is 4. The summed E-state index contributed by atoms with van der Waals surface area (Å²) in [5.74, 6) is 2.20. The molecular weight excluding hydrogens is 218 g/mol. The highest BCUT2D eigenvalue weighted by molar-refractivity contribution is 5.85. The van der Waals surface area contributed by atoms with E-state index in [1.807, 2.05) is 12.1 Å². The van der Waals surface area contributed by atoms with E-state index in [2.05, 4.69) is 0 Å². The molecule has 15 heavy (non-hydrogen) atoms. The number of nitrogens with two attached hydrogens (primary N) is 1. The molecule has 0 aromatic heterocycles. The van der Waals surface area contributed by atoms with Crippen LogP contribution in [0.2, 0.25) is 0 Å². The lowest BCUT2D eigenvalue weighted by molar-refractivity contribution is 0.0964. The van der Waals surface area contributed by atoms with Gasteiger partial charge in [0.15, 0.2) is 11.5 Å². The highest BCUT2D eigenvalue weighted by Crippen LogP contribution is 2.34. The summed E-state index contributed by atoms with van der Waals surface area (Å²) in [6.07, 6.45) is -0.0605. The van der Waals surface area contributed by atoms with Gasteiger partial charge in [0.1, 0.15) is 18.5 Å². The van der Waals surface area contributed by atoms with Gasteiger partial charge in [0.2, 0.25) is 0 Å². The third kappa shape index (κ3) is 2.46. The van der Waals surface area contributed by atoms with Crippen molar-refractivity contribution in [3.63, 3.8) is 0 Å². The molecule has 0 radical (unpaired) electrons. The Balaban J connectivity index is 0.00000112. The van der Waals surface area contributed by atoms with Crippen molar-refractivity contribution >= 4 is 12.4 Å². The van der Waals surface area contributed by atoms with Crippen molar-refractivity contribution in [3.8, 4) is 17.2 Å². The molecule has 1 heterocycles. The third-order valence-corrected chi connectivity index (χ3v) is 2.13. The molecule has 1 atom stereocenters. The highest BCUT2D eigenvalue weighted by Gasteiger charge is 2.19. The topological polar surface area (TPSA) is 53.7 Å². The molecule has 0 spiro atoms. The Morgan fingerprint density at radius 3 is 2.93 bits per heavy atom. The first-order chi connectivity index (χ1) is 6.83. The number of methoxy groups -OCH3 is 1. The van der Waals surface area contributed by atoms with Gasteiger partial charge in [0.25, 0.3) is 0 Å². The summed E-state index contributed by atoms with van der Waals surface area (Å²) >= 11 is 0. The van der Waals surface area contributed by atoms with Gasteiger partial charge in [-0.05, 0) is 12.1 Å². The molecule has 4 nitrogen and oxygen atoms in total. The van der Waals surface area contributed by atoms with Gasteiger partial charge in [-0.2, -0.15) is 0 Å². The summed E-state index contributed by atoms with van der Waals surface area (Å²) in [7, 11) is 1.62. The molecule has 0 bridgehead atoms. The molecule has 0 fully saturated rings. The fraction of sp³-hybridized carbons (Fsp3) is 0.400. The molecule has 5 heteroatoms. The average Bonchev–Trinajstić information content (AvgIpc) is 2.27. The zero-order valence-electron chi connectivity index (χ0n) is 8.43. The van der Waals surface area contributed by atoms with Crippen molar-refractivity contribution in [2.24, 2.45) is 5.73 Å². The van der Waals surface area contributed by atoms with Crippen LogP contribution in [0.5, 0.6) is 17.2 Å². The number of ether oxygens (including phenoxy) is 3. The quantitative estimate of drug-likeness (QED) is 0.832. The average molecular weight is 232 g/mol. The monoisotopic (exact) mass is 231 g/mol. The van der Waals surface area contributed by atoms with E-state index < -0.39 is 0 Å². The van der Waals surface area contributed by atoms with Gasteiger partial charge in [-0.15, -0.1) is 12.4 Å². The normalized spacial score (nSPS) is 17.9. The van der Waals surface area contributed by atoms with E-state index in [0.29, 0.717) is 18.9 Å². The Morgan fingerprint density at radius 1 is 1.47 bits per heavy atom. The van der Waals surface area contributed by atoms with Crippen molar-refractivity contribution in [3.05, 3.63) is 18.2 Å². The Kier molecular flexibility index (Phi) is 4.05. The lowest BCUT2D eigenvalue weighted by Crippen LogP contribution is -2.35. The Labute approximate surface area is 94.7 Å². The minimum Gasteiger partial charge on any atom is -0.497 e. The van der Waals surface area contributed by atoms with E-state index in [1.54, 1.807) is 13.2 Å². The van der Waals surface area contributed by atoms with E-state index in [1.165, 1.54) is 0 Å². The van der Waals surface area contributed by atoms with Crippen LogP contribution in [0.25, 0.3) is 0 Å². The summed E-state index contributed by atoms with van der Waals surface area (Å²) in [6.45, 7) is 0.965. The maximum atomic E-state index is 5.59. The number of benzene rings is 1. The molecule has 0 amide bonds.